The maximum Gasteiger partial charge on any atom is 0.244 e. The first-order valence-electron chi connectivity index (χ1n) is 10.6. The van der Waals surface area contributed by atoms with Crippen molar-refractivity contribution in [2.24, 2.45) is 0 Å². The Morgan fingerprint density at radius 3 is 2.80 bits per heavy atom. The number of amides is 1. The number of likely N-dealkylation sites (N-methyl/N-ethyl adjacent to an activating group) is 1. The minimum absolute atomic E-state index is 0.110. The quantitative estimate of drug-likeness (QED) is 0.641. The Balaban J connectivity index is 1.41. The molecule has 0 saturated carbocycles. The van der Waals surface area contributed by atoms with Crippen LogP contribution in [0, 0.1) is 6.92 Å². The van der Waals surface area contributed by atoms with Gasteiger partial charge in [-0.15, -0.1) is 0 Å². The molecule has 0 spiro atoms. The monoisotopic (exact) mass is 408 g/mol. The Morgan fingerprint density at radius 2 is 2.00 bits per heavy atom. The molecule has 0 atom stereocenters. The molecule has 160 valence electrons. The van der Waals surface area contributed by atoms with Gasteiger partial charge in [0.2, 0.25) is 5.91 Å². The summed E-state index contributed by atoms with van der Waals surface area (Å²) in [6, 6.07) is 16.5. The van der Waals surface area contributed by atoms with Gasteiger partial charge in [-0.2, -0.15) is 0 Å². The second-order valence-corrected chi connectivity index (χ2v) is 7.79. The number of carbonyl (C=O) groups is 1. The highest BCUT2D eigenvalue weighted by atomic mass is 16.5. The summed E-state index contributed by atoms with van der Waals surface area (Å²) in [4.78, 5) is 14.5. The van der Waals surface area contributed by atoms with Gasteiger partial charge in [0.15, 0.2) is 0 Å². The fourth-order valence-electron chi connectivity index (χ4n) is 3.56. The van der Waals surface area contributed by atoms with Gasteiger partial charge in [-0.05, 0) is 56.1 Å². The van der Waals surface area contributed by atoms with E-state index >= 15 is 0 Å². The molecule has 1 saturated heterocycles. The van der Waals surface area contributed by atoms with E-state index in [1.54, 1.807) is 6.08 Å². The molecule has 1 fully saturated rings. The highest BCUT2D eigenvalue weighted by molar-refractivity contribution is 5.91. The molecule has 5 nitrogen and oxygen atoms in total. The van der Waals surface area contributed by atoms with Crippen molar-refractivity contribution in [2.75, 3.05) is 33.4 Å². The molecule has 1 aliphatic heterocycles. The van der Waals surface area contributed by atoms with E-state index in [9.17, 15) is 4.79 Å². The SMILES string of the molecule is Cc1cccc(/C=C/C(=O)NCc2cccc(OCCN(C)C3CCOCC3)c2)c1. The molecule has 3 rings (SSSR count). The molecular weight excluding hydrogens is 376 g/mol. The predicted molar refractivity (Wildman–Crippen MR) is 120 cm³/mol. The summed E-state index contributed by atoms with van der Waals surface area (Å²) >= 11 is 0. The molecule has 0 unspecified atom stereocenters. The van der Waals surface area contributed by atoms with Crippen molar-refractivity contribution in [1.29, 1.82) is 0 Å². The predicted octanol–water partition coefficient (Wildman–Crippen LogP) is 3.81. The van der Waals surface area contributed by atoms with Gasteiger partial charge in [0.05, 0.1) is 0 Å². The normalized spacial score (nSPS) is 14.9. The van der Waals surface area contributed by atoms with Crippen molar-refractivity contribution in [3.8, 4) is 5.75 Å². The number of nitrogens with one attached hydrogen (secondary N) is 1. The second-order valence-electron chi connectivity index (χ2n) is 7.79. The number of ether oxygens (including phenoxy) is 2. The average molecular weight is 409 g/mol. The smallest absolute Gasteiger partial charge is 0.244 e. The summed E-state index contributed by atoms with van der Waals surface area (Å²) in [5.74, 6) is 0.721. The lowest BCUT2D eigenvalue weighted by atomic mass is 10.1. The number of hydrogen-bond donors (Lipinski definition) is 1. The number of aryl methyl sites for hydroxylation is 1. The maximum atomic E-state index is 12.1. The van der Waals surface area contributed by atoms with E-state index < -0.39 is 0 Å². The van der Waals surface area contributed by atoms with Crippen LogP contribution in [0.1, 0.15) is 29.5 Å². The molecule has 2 aromatic rings. The van der Waals surface area contributed by atoms with E-state index in [4.69, 9.17) is 9.47 Å². The number of benzene rings is 2. The summed E-state index contributed by atoms with van der Waals surface area (Å²) in [5.41, 5.74) is 3.21. The summed E-state index contributed by atoms with van der Waals surface area (Å²) < 4.78 is 11.4. The van der Waals surface area contributed by atoms with E-state index in [1.807, 2.05) is 61.5 Å². The van der Waals surface area contributed by atoms with Crippen LogP contribution in [0.25, 0.3) is 6.08 Å². The zero-order chi connectivity index (χ0) is 21.2. The van der Waals surface area contributed by atoms with Crippen LogP contribution >= 0.6 is 0 Å². The van der Waals surface area contributed by atoms with Gasteiger partial charge >= 0.3 is 0 Å². The first-order chi connectivity index (χ1) is 14.6. The molecule has 1 N–H and O–H groups in total. The van der Waals surface area contributed by atoms with Crippen molar-refractivity contribution in [2.45, 2.75) is 32.4 Å². The number of hydrogen-bond acceptors (Lipinski definition) is 4. The molecule has 1 heterocycles. The molecule has 2 aromatic carbocycles. The van der Waals surface area contributed by atoms with Crippen molar-refractivity contribution in [3.05, 3.63) is 71.3 Å². The lowest BCUT2D eigenvalue weighted by Crippen LogP contribution is -2.38. The Kier molecular flexibility index (Phi) is 8.48. The van der Waals surface area contributed by atoms with Crippen molar-refractivity contribution >= 4 is 12.0 Å². The average Bonchev–Trinajstić information content (AvgIpc) is 2.77. The Bertz CT molecular complexity index is 844. The zero-order valence-corrected chi connectivity index (χ0v) is 18.0. The van der Waals surface area contributed by atoms with E-state index in [-0.39, 0.29) is 5.91 Å². The van der Waals surface area contributed by atoms with Gasteiger partial charge < -0.3 is 14.8 Å². The molecule has 0 bridgehead atoms. The van der Waals surface area contributed by atoms with E-state index in [2.05, 4.69) is 17.3 Å². The lowest BCUT2D eigenvalue weighted by molar-refractivity contribution is -0.116. The van der Waals surface area contributed by atoms with Gasteiger partial charge in [-0.3, -0.25) is 9.69 Å². The minimum Gasteiger partial charge on any atom is -0.492 e. The van der Waals surface area contributed by atoms with Crippen LogP contribution in [0.3, 0.4) is 0 Å². The van der Waals surface area contributed by atoms with Crippen molar-refractivity contribution < 1.29 is 14.3 Å². The third-order valence-electron chi connectivity index (χ3n) is 5.36. The highest BCUT2D eigenvalue weighted by Gasteiger charge is 2.17. The van der Waals surface area contributed by atoms with E-state index in [1.165, 1.54) is 5.56 Å². The summed E-state index contributed by atoms with van der Waals surface area (Å²) in [6.45, 7) is 5.73. The second kappa shape index (κ2) is 11.5. The van der Waals surface area contributed by atoms with Crippen LogP contribution in [-0.2, 0) is 16.1 Å². The topological polar surface area (TPSA) is 50.8 Å². The maximum absolute atomic E-state index is 12.1. The molecular formula is C25H32N2O3. The van der Waals surface area contributed by atoms with Crippen molar-refractivity contribution in [1.82, 2.24) is 10.2 Å². The highest BCUT2D eigenvalue weighted by Crippen LogP contribution is 2.15. The molecule has 0 radical (unpaired) electrons. The van der Waals surface area contributed by atoms with Gasteiger partial charge in [-0.25, -0.2) is 0 Å². The Labute approximate surface area is 179 Å². The molecule has 1 amide bonds. The van der Waals surface area contributed by atoms with Gasteiger partial charge in [0, 0.05) is 38.4 Å². The van der Waals surface area contributed by atoms with Crippen molar-refractivity contribution in [3.63, 3.8) is 0 Å². The first kappa shape index (κ1) is 22.1. The van der Waals surface area contributed by atoms with Gasteiger partial charge in [0.25, 0.3) is 0 Å². The fourth-order valence-corrected chi connectivity index (χ4v) is 3.56. The standard InChI is InChI=1S/C25H32N2O3/c1-20-5-3-6-21(17-20)9-10-25(28)26-19-22-7-4-8-24(18-22)30-16-13-27(2)23-11-14-29-15-12-23/h3-10,17-18,23H,11-16,19H2,1-2H3,(H,26,28)/b10-9+. The molecule has 5 heteroatoms. The van der Waals surface area contributed by atoms with Gasteiger partial charge in [-0.1, -0.05) is 42.0 Å². The Hall–Kier alpha value is -2.63. The first-order valence-corrected chi connectivity index (χ1v) is 10.6. The number of carbonyl (C=O) groups excluding carboxylic acids is 1. The fraction of sp³-hybridized carbons (Fsp3) is 0.400. The van der Waals surface area contributed by atoms with Crippen LogP contribution < -0.4 is 10.1 Å². The van der Waals surface area contributed by atoms with Crippen LogP contribution in [0.2, 0.25) is 0 Å². The zero-order valence-electron chi connectivity index (χ0n) is 18.0. The molecule has 1 aliphatic rings. The lowest BCUT2D eigenvalue weighted by Gasteiger charge is -2.31. The number of rotatable bonds is 9. The third-order valence-corrected chi connectivity index (χ3v) is 5.36. The summed E-state index contributed by atoms with van der Waals surface area (Å²) in [5, 5.41) is 2.93. The molecule has 0 aromatic heterocycles. The Morgan fingerprint density at radius 1 is 1.20 bits per heavy atom. The summed E-state index contributed by atoms with van der Waals surface area (Å²) in [7, 11) is 2.15. The van der Waals surface area contributed by atoms with E-state index in [0.29, 0.717) is 19.2 Å². The molecule has 30 heavy (non-hydrogen) atoms. The van der Waals surface area contributed by atoms with Crippen LogP contribution in [0.4, 0.5) is 0 Å². The van der Waals surface area contributed by atoms with E-state index in [0.717, 1.165) is 49.5 Å². The summed E-state index contributed by atoms with van der Waals surface area (Å²) in [6.07, 6.45) is 5.58. The number of nitrogens with zero attached hydrogens (tertiary/aromatic N) is 1. The van der Waals surface area contributed by atoms with Crippen LogP contribution in [0.15, 0.2) is 54.6 Å². The minimum atomic E-state index is -0.110. The van der Waals surface area contributed by atoms with Crippen LogP contribution in [-0.4, -0.2) is 50.3 Å². The third kappa shape index (κ3) is 7.32. The van der Waals surface area contributed by atoms with Gasteiger partial charge in [0.1, 0.15) is 12.4 Å². The molecule has 0 aliphatic carbocycles. The largest absolute Gasteiger partial charge is 0.492 e. The van der Waals surface area contributed by atoms with Crippen LogP contribution in [0.5, 0.6) is 5.75 Å².